The van der Waals surface area contributed by atoms with Crippen molar-refractivity contribution in [2.45, 2.75) is 12.6 Å². The summed E-state index contributed by atoms with van der Waals surface area (Å²) in [7, 11) is 0. The third kappa shape index (κ3) is 2.85. The monoisotopic (exact) mass is 230 g/mol. The molecule has 0 spiro atoms. The van der Waals surface area contributed by atoms with Crippen LogP contribution in [0, 0.1) is 0 Å². The molecule has 1 aliphatic heterocycles. The number of nitrogens with zero attached hydrogens (tertiary/aromatic N) is 3. The quantitative estimate of drug-likeness (QED) is 0.715. The van der Waals surface area contributed by atoms with Gasteiger partial charge in [-0.15, -0.1) is 10.2 Å². The molecule has 2 rings (SSSR count). The highest BCUT2D eigenvalue weighted by Gasteiger charge is 2.20. The summed E-state index contributed by atoms with van der Waals surface area (Å²) in [4.78, 5) is 2.18. The van der Waals surface area contributed by atoms with Crippen LogP contribution < -0.4 is 5.73 Å². The largest absolute Gasteiger partial charge is 0.394 e. The number of morpholine rings is 1. The fraction of sp³-hybridized carbons (Fsp3) is 0.750. The minimum absolute atomic E-state index is 0.0642. The molecule has 0 aliphatic carbocycles. The van der Waals surface area contributed by atoms with Gasteiger partial charge in [0.2, 0.25) is 5.13 Å². The minimum Gasteiger partial charge on any atom is -0.394 e. The van der Waals surface area contributed by atoms with Gasteiger partial charge in [0.1, 0.15) is 5.01 Å². The number of aromatic nitrogens is 2. The van der Waals surface area contributed by atoms with Gasteiger partial charge in [0.05, 0.1) is 25.9 Å². The van der Waals surface area contributed by atoms with Crippen LogP contribution in [0.5, 0.6) is 0 Å². The van der Waals surface area contributed by atoms with Gasteiger partial charge in [-0.25, -0.2) is 0 Å². The number of nitrogen functional groups attached to an aromatic ring is 1. The van der Waals surface area contributed by atoms with Crippen LogP contribution in [0.15, 0.2) is 0 Å². The molecule has 1 aliphatic rings. The molecule has 1 unspecified atom stereocenters. The van der Waals surface area contributed by atoms with Crippen molar-refractivity contribution in [2.24, 2.45) is 0 Å². The summed E-state index contributed by atoms with van der Waals surface area (Å²) >= 11 is 1.40. The molecule has 0 bridgehead atoms. The second kappa shape index (κ2) is 4.84. The van der Waals surface area contributed by atoms with Crippen molar-refractivity contribution < 1.29 is 9.84 Å². The summed E-state index contributed by atoms with van der Waals surface area (Å²) in [6.07, 6.45) is -0.0796. The number of anilines is 1. The van der Waals surface area contributed by atoms with E-state index in [1.807, 2.05) is 0 Å². The number of nitrogens with two attached hydrogens (primary N) is 1. The van der Waals surface area contributed by atoms with E-state index in [-0.39, 0.29) is 12.7 Å². The van der Waals surface area contributed by atoms with Gasteiger partial charge >= 0.3 is 0 Å². The van der Waals surface area contributed by atoms with Crippen molar-refractivity contribution in [1.29, 1.82) is 0 Å². The molecule has 2 heterocycles. The van der Waals surface area contributed by atoms with Crippen LogP contribution in [0.25, 0.3) is 0 Å². The van der Waals surface area contributed by atoms with Gasteiger partial charge in [-0.05, 0) is 0 Å². The number of aliphatic hydroxyl groups excluding tert-OH is 1. The highest BCUT2D eigenvalue weighted by molar-refractivity contribution is 7.15. The SMILES string of the molecule is Nc1nnc(CN2CCOC(CO)C2)s1. The van der Waals surface area contributed by atoms with Gasteiger partial charge in [0, 0.05) is 13.1 Å². The maximum absolute atomic E-state index is 8.98. The van der Waals surface area contributed by atoms with Crippen LogP contribution in [-0.4, -0.2) is 52.6 Å². The molecule has 1 saturated heterocycles. The first kappa shape index (κ1) is 10.7. The summed E-state index contributed by atoms with van der Waals surface area (Å²) in [6, 6.07) is 0. The lowest BCUT2D eigenvalue weighted by atomic mass is 10.3. The Bertz CT molecular complexity index is 319. The summed E-state index contributed by atoms with van der Waals surface area (Å²) in [5, 5.41) is 18.1. The molecule has 15 heavy (non-hydrogen) atoms. The first-order valence-corrected chi connectivity index (χ1v) is 5.62. The molecule has 7 heteroatoms. The van der Waals surface area contributed by atoms with Crippen molar-refractivity contribution in [1.82, 2.24) is 15.1 Å². The number of hydrogen-bond acceptors (Lipinski definition) is 7. The zero-order valence-electron chi connectivity index (χ0n) is 8.30. The number of hydrogen-bond donors (Lipinski definition) is 2. The van der Waals surface area contributed by atoms with Gasteiger partial charge in [0.25, 0.3) is 0 Å². The second-order valence-electron chi connectivity index (χ2n) is 3.44. The van der Waals surface area contributed by atoms with E-state index < -0.39 is 0 Å². The van der Waals surface area contributed by atoms with Crippen LogP contribution in [0.2, 0.25) is 0 Å². The normalized spacial score (nSPS) is 23.1. The average Bonchev–Trinajstić information content (AvgIpc) is 2.64. The third-order valence-corrected chi connectivity index (χ3v) is 3.01. The van der Waals surface area contributed by atoms with E-state index in [0.717, 1.165) is 24.6 Å². The van der Waals surface area contributed by atoms with Gasteiger partial charge in [-0.1, -0.05) is 11.3 Å². The van der Waals surface area contributed by atoms with Crippen molar-refractivity contribution in [3.63, 3.8) is 0 Å². The van der Waals surface area contributed by atoms with Crippen LogP contribution in [0.4, 0.5) is 5.13 Å². The maximum Gasteiger partial charge on any atom is 0.203 e. The Balaban J connectivity index is 1.88. The number of ether oxygens (including phenoxy) is 1. The molecular formula is C8H14N4O2S. The van der Waals surface area contributed by atoms with E-state index in [1.54, 1.807) is 0 Å². The van der Waals surface area contributed by atoms with E-state index in [1.165, 1.54) is 11.3 Å². The van der Waals surface area contributed by atoms with Crippen LogP contribution in [0.3, 0.4) is 0 Å². The standard InChI is InChI=1S/C8H14N4O2S/c9-8-11-10-7(15-8)4-12-1-2-14-6(3-12)5-13/h6,13H,1-5H2,(H2,9,11). The lowest BCUT2D eigenvalue weighted by Crippen LogP contribution is -2.43. The summed E-state index contributed by atoms with van der Waals surface area (Å²) in [6.45, 7) is 3.04. The van der Waals surface area contributed by atoms with Crippen LogP contribution >= 0.6 is 11.3 Å². The summed E-state index contributed by atoms with van der Waals surface area (Å²) < 4.78 is 5.35. The second-order valence-corrected chi connectivity index (χ2v) is 4.54. The fourth-order valence-electron chi connectivity index (χ4n) is 1.56. The smallest absolute Gasteiger partial charge is 0.203 e. The molecule has 84 valence electrons. The van der Waals surface area contributed by atoms with E-state index in [0.29, 0.717) is 11.7 Å². The lowest BCUT2D eigenvalue weighted by molar-refractivity contribution is -0.0551. The first-order chi connectivity index (χ1) is 7.28. The van der Waals surface area contributed by atoms with Crippen molar-refractivity contribution >= 4 is 16.5 Å². The van der Waals surface area contributed by atoms with Gasteiger partial charge in [-0.2, -0.15) is 0 Å². The zero-order chi connectivity index (χ0) is 10.7. The molecule has 0 saturated carbocycles. The first-order valence-electron chi connectivity index (χ1n) is 4.80. The molecule has 6 nitrogen and oxygen atoms in total. The Morgan fingerprint density at radius 3 is 3.13 bits per heavy atom. The molecule has 1 fully saturated rings. The van der Waals surface area contributed by atoms with Crippen LogP contribution in [0.1, 0.15) is 5.01 Å². The molecule has 3 N–H and O–H groups in total. The molecule has 1 aromatic rings. The predicted octanol–water partition coefficient (Wildman–Crippen LogP) is -0.687. The molecule has 0 amide bonds. The third-order valence-electron chi connectivity index (χ3n) is 2.27. The Hall–Kier alpha value is -0.760. The van der Waals surface area contributed by atoms with E-state index in [4.69, 9.17) is 15.6 Å². The van der Waals surface area contributed by atoms with Gasteiger partial charge in [0.15, 0.2) is 0 Å². The Morgan fingerprint density at radius 2 is 2.47 bits per heavy atom. The highest BCUT2D eigenvalue weighted by Crippen LogP contribution is 2.15. The molecule has 1 atom stereocenters. The van der Waals surface area contributed by atoms with Crippen molar-refractivity contribution in [3.8, 4) is 0 Å². The maximum atomic E-state index is 8.98. The van der Waals surface area contributed by atoms with E-state index >= 15 is 0 Å². The van der Waals surface area contributed by atoms with Crippen molar-refractivity contribution in [3.05, 3.63) is 5.01 Å². The van der Waals surface area contributed by atoms with E-state index in [2.05, 4.69) is 15.1 Å². The van der Waals surface area contributed by atoms with Gasteiger partial charge < -0.3 is 15.6 Å². The lowest BCUT2D eigenvalue weighted by Gasteiger charge is -2.31. The average molecular weight is 230 g/mol. The van der Waals surface area contributed by atoms with E-state index in [9.17, 15) is 0 Å². The number of rotatable bonds is 3. The molecule has 1 aromatic heterocycles. The fourth-order valence-corrected chi connectivity index (χ4v) is 2.21. The molecule has 0 radical (unpaired) electrons. The summed E-state index contributed by atoms with van der Waals surface area (Å²) in [5.74, 6) is 0. The van der Waals surface area contributed by atoms with Crippen LogP contribution in [-0.2, 0) is 11.3 Å². The summed E-state index contributed by atoms with van der Waals surface area (Å²) in [5.41, 5.74) is 5.50. The number of aliphatic hydroxyl groups is 1. The minimum atomic E-state index is -0.0796. The van der Waals surface area contributed by atoms with Gasteiger partial charge in [-0.3, -0.25) is 4.90 Å². The molecule has 0 aromatic carbocycles. The molecular weight excluding hydrogens is 216 g/mol. The topological polar surface area (TPSA) is 84.5 Å². The van der Waals surface area contributed by atoms with Crippen molar-refractivity contribution in [2.75, 3.05) is 32.0 Å². The Morgan fingerprint density at radius 1 is 1.60 bits per heavy atom. The zero-order valence-corrected chi connectivity index (χ0v) is 9.11. The Kier molecular flexibility index (Phi) is 3.47. The predicted molar refractivity (Wildman–Crippen MR) is 56.4 cm³/mol. The Labute approximate surface area is 91.7 Å². The highest BCUT2D eigenvalue weighted by atomic mass is 32.1.